The van der Waals surface area contributed by atoms with Gasteiger partial charge in [-0.15, -0.1) is 0 Å². The van der Waals surface area contributed by atoms with Crippen LogP contribution in [0.5, 0.6) is 0 Å². The zero-order valence-electron chi connectivity index (χ0n) is 13.1. The molecule has 1 aliphatic heterocycles. The number of piperazine rings is 1. The van der Waals surface area contributed by atoms with Gasteiger partial charge < -0.3 is 4.90 Å². The van der Waals surface area contributed by atoms with Crippen molar-refractivity contribution in [2.75, 3.05) is 37.6 Å². The first-order valence-corrected chi connectivity index (χ1v) is 8.93. The van der Waals surface area contributed by atoms with E-state index in [1.54, 1.807) is 11.3 Å². The van der Waals surface area contributed by atoms with Crippen molar-refractivity contribution >= 4 is 26.8 Å². The molecule has 0 amide bonds. The van der Waals surface area contributed by atoms with Gasteiger partial charge in [-0.05, 0) is 24.1 Å². The third-order valence-electron chi connectivity index (χ3n) is 4.36. The lowest BCUT2D eigenvalue weighted by Crippen LogP contribution is -2.46. The molecule has 0 N–H and O–H groups in total. The van der Waals surface area contributed by atoms with E-state index in [1.807, 2.05) is 18.3 Å². The fourth-order valence-electron chi connectivity index (χ4n) is 2.99. The fourth-order valence-corrected chi connectivity index (χ4v) is 3.95. The van der Waals surface area contributed by atoms with Gasteiger partial charge in [0.1, 0.15) is 10.3 Å². The van der Waals surface area contributed by atoms with E-state index in [1.165, 1.54) is 5.56 Å². The van der Waals surface area contributed by atoms with Gasteiger partial charge >= 0.3 is 0 Å². The Labute approximate surface area is 140 Å². The second-order valence-electron chi connectivity index (χ2n) is 5.89. The predicted octanol–water partition coefficient (Wildman–Crippen LogP) is 3.06. The summed E-state index contributed by atoms with van der Waals surface area (Å²) in [4.78, 5) is 15.1. The minimum atomic E-state index is 1.01. The Kier molecular flexibility index (Phi) is 4.22. The van der Waals surface area contributed by atoms with Crippen molar-refractivity contribution in [1.29, 1.82) is 0 Å². The van der Waals surface area contributed by atoms with Crippen molar-refractivity contribution in [2.24, 2.45) is 0 Å². The molecule has 0 radical (unpaired) electrons. The van der Waals surface area contributed by atoms with Crippen molar-refractivity contribution in [3.8, 4) is 0 Å². The van der Waals surface area contributed by atoms with Crippen LogP contribution >= 0.6 is 11.3 Å². The molecule has 1 aromatic carbocycles. The van der Waals surface area contributed by atoms with E-state index in [4.69, 9.17) is 4.98 Å². The van der Waals surface area contributed by atoms with E-state index >= 15 is 0 Å². The van der Waals surface area contributed by atoms with Crippen LogP contribution in [0, 0.1) is 0 Å². The van der Waals surface area contributed by atoms with Crippen LogP contribution < -0.4 is 4.90 Å². The molecule has 0 unspecified atom stereocenters. The van der Waals surface area contributed by atoms with E-state index < -0.39 is 0 Å². The van der Waals surface area contributed by atoms with Gasteiger partial charge in [-0.25, -0.2) is 9.97 Å². The highest BCUT2D eigenvalue weighted by Gasteiger charge is 2.19. The van der Waals surface area contributed by atoms with Gasteiger partial charge in [0, 0.05) is 38.9 Å². The number of hydrogen-bond acceptors (Lipinski definition) is 5. The smallest absolute Gasteiger partial charge is 0.188 e. The van der Waals surface area contributed by atoms with E-state index in [0.29, 0.717) is 0 Å². The Balaban J connectivity index is 1.33. The molecular formula is C18H20N4S. The number of fused-ring (bicyclic) bond motifs is 1. The quantitative estimate of drug-likeness (QED) is 0.738. The molecule has 23 heavy (non-hydrogen) atoms. The monoisotopic (exact) mass is 324 g/mol. The second-order valence-corrected chi connectivity index (χ2v) is 6.84. The Hall–Kier alpha value is -1.98. The van der Waals surface area contributed by atoms with Crippen LogP contribution in [-0.4, -0.2) is 47.6 Å². The summed E-state index contributed by atoms with van der Waals surface area (Å²) < 4.78 is 0. The minimum Gasteiger partial charge on any atom is -0.345 e. The molecule has 0 spiro atoms. The molecule has 1 aliphatic rings. The maximum atomic E-state index is 4.72. The Bertz CT molecular complexity index is 730. The molecular weight excluding hydrogens is 304 g/mol. The molecule has 3 aromatic rings. The number of thiazole rings is 1. The highest BCUT2D eigenvalue weighted by atomic mass is 32.1. The van der Waals surface area contributed by atoms with Crippen molar-refractivity contribution in [3.05, 3.63) is 54.2 Å². The van der Waals surface area contributed by atoms with Crippen molar-refractivity contribution in [2.45, 2.75) is 6.42 Å². The first-order valence-electron chi connectivity index (χ1n) is 8.11. The Morgan fingerprint density at radius 2 is 1.78 bits per heavy atom. The molecule has 2 aromatic heterocycles. The molecule has 0 saturated carbocycles. The largest absolute Gasteiger partial charge is 0.345 e. The van der Waals surface area contributed by atoms with Crippen molar-refractivity contribution in [3.63, 3.8) is 0 Å². The minimum absolute atomic E-state index is 1.01. The van der Waals surface area contributed by atoms with E-state index in [2.05, 4.69) is 45.1 Å². The fraction of sp³-hybridized carbons (Fsp3) is 0.333. The summed E-state index contributed by atoms with van der Waals surface area (Å²) in [6.07, 6.45) is 2.97. The van der Waals surface area contributed by atoms with Crippen molar-refractivity contribution in [1.82, 2.24) is 14.9 Å². The maximum Gasteiger partial charge on any atom is 0.188 e. The summed E-state index contributed by atoms with van der Waals surface area (Å²) in [5, 5.41) is 1.11. The van der Waals surface area contributed by atoms with Crippen LogP contribution in [0.2, 0.25) is 0 Å². The van der Waals surface area contributed by atoms with Gasteiger partial charge in [0.15, 0.2) is 5.13 Å². The van der Waals surface area contributed by atoms with Crippen LogP contribution in [0.15, 0.2) is 48.7 Å². The first kappa shape index (κ1) is 14.6. The molecule has 4 rings (SSSR count). The van der Waals surface area contributed by atoms with Gasteiger partial charge in [0.2, 0.25) is 0 Å². The number of pyridine rings is 1. The number of hydrogen-bond donors (Lipinski definition) is 0. The van der Waals surface area contributed by atoms with Gasteiger partial charge in [-0.3, -0.25) is 4.90 Å². The van der Waals surface area contributed by atoms with Crippen LogP contribution in [0.1, 0.15) is 5.56 Å². The highest BCUT2D eigenvalue weighted by molar-refractivity contribution is 7.21. The Morgan fingerprint density at radius 1 is 0.957 bits per heavy atom. The summed E-state index contributed by atoms with van der Waals surface area (Å²) in [7, 11) is 0. The third kappa shape index (κ3) is 3.35. The van der Waals surface area contributed by atoms with Gasteiger partial charge in [0.25, 0.3) is 0 Å². The topological polar surface area (TPSA) is 32.3 Å². The highest BCUT2D eigenvalue weighted by Crippen LogP contribution is 2.27. The molecule has 4 nitrogen and oxygen atoms in total. The third-order valence-corrected chi connectivity index (χ3v) is 5.40. The lowest BCUT2D eigenvalue weighted by molar-refractivity contribution is 0.261. The lowest BCUT2D eigenvalue weighted by atomic mass is 10.1. The predicted molar refractivity (Wildman–Crippen MR) is 96.2 cm³/mol. The molecule has 5 heteroatoms. The molecule has 0 bridgehead atoms. The standard InChI is InChI=1S/C18H20N4S/c1-2-5-15(6-3-1)8-10-21-11-13-22(14-12-21)18-20-16-7-4-9-19-17(16)23-18/h1-7,9H,8,10-14H2. The van der Waals surface area contributed by atoms with E-state index in [-0.39, 0.29) is 0 Å². The average Bonchev–Trinajstić information content (AvgIpc) is 3.05. The van der Waals surface area contributed by atoms with Crippen LogP contribution in [0.3, 0.4) is 0 Å². The van der Waals surface area contributed by atoms with Crippen molar-refractivity contribution < 1.29 is 0 Å². The average molecular weight is 324 g/mol. The second kappa shape index (κ2) is 6.64. The summed E-state index contributed by atoms with van der Waals surface area (Å²) in [6, 6.07) is 14.7. The number of aromatic nitrogens is 2. The number of benzene rings is 1. The zero-order chi connectivity index (χ0) is 15.5. The number of rotatable bonds is 4. The van der Waals surface area contributed by atoms with Crippen LogP contribution in [0.25, 0.3) is 10.3 Å². The maximum absolute atomic E-state index is 4.72. The molecule has 1 fully saturated rings. The van der Waals surface area contributed by atoms with Gasteiger partial charge in [-0.2, -0.15) is 0 Å². The lowest BCUT2D eigenvalue weighted by Gasteiger charge is -2.34. The van der Waals surface area contributed by atoms with Crippen LogP contribution in [0.4, 0.5) is 5.13 Å². The number of nitrogens with zero attached hydrogens (tertiary/aromatic N) is 4. The first-order chi connectivity index (χ1) is 11.4. The molecule has 3 heterocycles. The normalized spacial score (nSPS) is 16.1. The zero-order valence-corrected chi connectivity index (χ0v) is 13.9. The Morgan fingerprint density at radius 3 is 2.57 bits per heavy atom. The summed E-state index contributed by atoms with van der Waals surface area (Å²) in [5.74, 6) is 0. The molecule has 1 saturated heterocycles. The van der Waals surface area contributed by atoms with E-state index in [0.717, 1.165) is 54.6 Å². The van der Waals surface area contributed by atoms with Gasteiger partial charge in [-0.1, -0.05) is 41.7 Å². The summed E-state index contributed by atoms with van der Waals surface area (Å²) >= 11 is 1.70. The molecule has 0 aliphatic carbocycles. The summed E-state index contributed by atoms with van der Waals surface area (Å²) in [6.45, 7) is 5.45. The van der Waals surface area contributed by atoms with E-state index in [9.17, 15) is 0 Å². The summed E-state index contributed by atoms with van der Waals surface area (Å²) in [5.41, 5.74) is 2.44. The van der Waals surface area contributed by atoms with Crippen LogP contribution in [-0.2, 0) is 6.42 Å². The molecule has 118 valence electrons. The SMILES string of the molecule is c1ccc(CCN2CCN(c3nc4cccnc4s3)CC2)cc1. The van der Waals surface area contributed by atoms with Gasteiger partial charge in [0.05, 0.1) is 0 Å². The number of anilines is 1. The molecule has 0 atom stereocenters.